The normalized spacial score (nSPS) is 15.7. The molecule has 1 saturated heterocycles. The Bertz CT molecular complexity index is 1120. The molecule has 0 saturated carbocycles. The molecule has 0 atom stereocenters. The van der Waals surface area contributed by atoms with Crippen LogP contribution in [0.3, 0.4) is 0 Å². The van der Waals surface area contributed by atoms with Gasteiger partial charge in [0, 0.05) is 44.8 Å². The van der Waals surface area contributed by atoms with Crippen LogP contribution in [-0.4, -0.2) is 64.2 Å². The third kappa shape index (κ3) is 4.10. The molecule has 3 heterocycles. The smallest absolute Gasteiger partial charge is 0.255 e. The Morgan fingerprint density at radius 1 is 1.00 bits per heavy atom. The van der Waals surface area contributed by atoms with E-state index in [4.69, 9.17) is 0 Å². The van der Waals surface area contributed by atoms with Gasteiger partial charge in [-0.05, 0) is 42.8 Å². The first-order chi connectivity index (χ1) is 14.4. The van der Waals surface area contributed by atoms with E-state index in [1.54, 1.807) is 40.3 Å². The van der Waals surface area contributed by atoms with E-state index in [0.29, 0.717) is 30.9 Å². The van der Waals surface area contributed by atoms with E-state index < -0.39 is 15.8 Å². The zero-order chi connectivity index (χ0) is 21.1. The van der Waals surface area contributed by atoms with Crippen LogP contribution in [0.4, 0.5) is 4.39 Å². The zero-order valence-corrected chi connectivity index (χ0v) is 16.9. The molecule has 30 heavy (non-hydrogen) atoms. The maximum absolute atomic E-state index is 13.1. The second kappa shape index (κ2) is 8.33. The van der Waals surface area contributed by atoms with E-state index in [9.17, 15) is 17.6 Å². The van der Waals surface area contributed by atoms with Crippen molar-refractivity contribution in [3.8, 4) is 5.82 Å². The predicted molar refractivity (Wildman–Crippen MR) is 107 cm³/mol. The van der Waals surface area contributed by atoms with Crippen molar-refractivity contribution in [1.29, 1.82) is 0 Å². The molecule has 0 aliphatic carbocycles. The Morgan fingerprint density at radius 3 is 2.47 bits per heavy atom. The highest BCUT2D eigenvalue weighted by molar-refractivity contribution is 7.89. The molecule has 3 aromatic rings. The molecule has 0 bridgehead atoms. The lowest BCUT2D eigenvalue weighted by molar-refractivity contribution is 0.0764. The van der Waals surface area contributed by atoms with Crippen LogP contribution in [0, 0.1) is 5.82 Å². The fraction of sp³-hybridized carbons (Fsp3) is 0.250. The number of rotatable bonds is 4. The van der Waals surface area contributed by atoms with Gasteiger partial charge in [0.25, 0.3) is 5.91 Å². The topological polar surface area (TPSA) is 88.4 Å². The maximum Gasteiger partial charge on any atom is 0.255 e. The standard InChI is InChI=1S/C20H20FN5O3S/c21-17-3-5-18(6-4-17)30(28,29)26-10-1-9-24(12-13-26)20(27)16-2-7-19(23-14-16)25-11-8-22-15-25/h2-8,11,14-15H,1,9-10,12-13H2. The fourth-order valence-corrected chi connectivity index (χ4v) is 4.81. The second-order valence-electron chi connectivity index (χ2n) is 6.88. The van der Waals surface area contributed by atoms with Gasteiger partial charge < -0.3 is 4.90 Å². The van der Waals surface area contributed by atoms with Crippen molar-refractivity contribution in [3.05, 3.63) is 72.7 Å². The Balaban J connectivity index is 1.45. The van der Waals surface area contributed by atoms with Gasteiger partial charge in [-0.1, -0.05) is 0 Å². The first-order valence-corrected chi connectivity index (χ1v) is 10.9. The molecule has 1 aliphatic heterocycles. The molecule has 0 N–H and O–H groups in total. The quantitative estimate of drug-likeness (QED) is 0.633. The van der Waals surface area contributed by atoms with Crippen molar-refractivity contribution in [2.75, 3.05) is 26.2 Å². The van der Waals surface area contributed by atoms with Crippen LogP contribution < -0.4 is 0 Å². The summed E-state index contributed by atoms with van der Waals surface area (Å²) >= 11 is 0. The molecule has 156 valence electrons. The van der Waals surface area contributed by atoms with Crippen LogP contribution in [0.5, 0.6) is 0 Å². The molecule has 0 unspecified atom stereocenters. The average molecular weight is 429 g/mol. The lowest BCUT2D eigenvalue weighted by Gasteiger charge is -2.22. The largest absolute Gasteiger partial charge is 0.337 e. The van der Waals surface area contributed by atoms with E-state index in [1.165, 1.54) is 22.6 Å². The lowest BCUT2D eigenvalue weighted by atomic mass is 10.2. The van der Waals surface area contributed by atoms with Gasteiger partial charge in [0.2, 0.25) is 10.0 Å². The summed E-state index contributed by atoms with van der Waals surface area (Å²) in [6.45, 7) is 1.17. The number of nitrogens with zero attached hydrogens (tertiary/aromatic N) is 5. The molecule has 10 heteroatoms. The molecule has 4 rings (SSSR count). The Morgan fingerprint density at radius 2 is 1.80 bits per heavy atom. The summed E-state index contributed by atoms with van der Waals surface area (Å²) in [6, 6.07) is 8.19. The van der Waals surface area contributed by atoms with E-state index in [0.717, 1.165) is 12.1 Å². The van der Waals surface area contributed by atoms with Crippen LogP contribution in [0.1, 0.15) is 16.8 Å². The summed E-state index contributed by atoms with van der Waals surface area (Å²) in [7, 11) is -3.74. The minimum Gasteiger partial charge on any atom is -0.337 e. The fourth-order valence-electron chi connectivity index (χ4n) is 3.34. The lowest BCUT2D eigenvalue weighted by Crippen LogP contribution is -2.37. The highest BCUT2D eigenvalue weighted by Crippen LogP contribution is 2.19. The molecule has 1 amide bonds. The number of halogens is 1. The summed E-state index contributed by atoms with van der Waals surface area (Å²) in [5.74, 6) is -0.0357. The Labute approximate surface area is 173 Å². The molecule has 1 aromatic carbocycles. The number of imidazole rings is 1. The van der Waals surface area contributed by atoms with E-state index in [-0.39, 0.29) is 23.9 Å². The monoisotopic (exact) mass is 429 g/mol. The number of hydrogen-bond donors (Lipinski definition) is 0. The average Bonchev–Trinajstić information content (AvgIpc) is 3.17. The van der Waals surface area contributed by atoms with Gasteiger partial charge in [0.05, 0.1) is 10.5 Å². The van der Waals surface area contributed by atoms with Crippen molar-refractivity contribution < 1.29 is 17.6 Å². The van der Waals surface area contributed by atoms with E-state index >= 15 is 0 Å². The summed E-state index contributed by atoms with van der Waals surface area (Å²) in [5, 5.41) is 0. The van der Waals surface area contributed by atoms with Gasteiger partial charge in [0.15, 0.2) is 0 Å². The number of aromatic nitrogens is 3. The first-order valence-electron chi connectivity index (χ1n) is 9.44. The molecular formula is C20H20FN5O3S. The third-order valence-corrected chi connectivity index (χ3v) is 6.87. The number of carbonyl (C=O) groups excluding carboxylic acids is 1. The van der Waals surface area contributed by atoms with Crippen molar-refractivity contribution in [1.82, 2.24) is 23.7 Å². The molecule has 0 radical (unpaired) electrons. The highest BCUT2D eigenvalue weighted by Gasteiger charge is 2.28. The van der Waals surface area contributed by atoms with Gasteiger partial charge in [-0.3, -0.25) is 9.36 Å². The van der Waals surface area contributed by atoms with Gasteiger partial charge in [-0.25, -0.2) is 22.8 Å². The van der Waals surface area contributed by atoms with E-state index in [1.807, 2.05) is 0 Å². The third-order valence-electron chi connectivity index (χ3n) is 4.96. The number of amides is 1. The zero-order valence-electron chi connectivity index (χ0n) is 16.1. The molecule has 2 aromatic heterocycles. The van der Waals surface area contributed by atoms with Crippen molar-refractivity contribution in [3.63, 3.8) is 0 Å². The number of pyridine rings is 1. The molecule has 1 fully saturated rings. The highest BCUT2D eigenvalue weighted by atomic mass is 32.2. The van der Waals surface area contributed by atoms with Crippen LogP contribution in [0.15, 0.2) is 66.2 Å². The van der Waals surface area contributed by atoms with Gasteiger partial charge >= 0.3 is 0 Å². The molecule has 8 nitrogen and oxygen atoms in total. The van der Waals surface area contributed by atoms with Crippen LogP contribution >= 0.6 is 0 Å². The second-order valence-corrected chi connectivity index (χ2v) is 8.82. The summed E-state index contributed by atoms with van der Waals surface area (Å²) in [4.78, 5) is 22.8. The van der Waals surface area contributed by atoms with Crippen LogP contribution in [-0.2, 0) is 10.0 Å². The number of benzene rings is 1. The minimum atomic E-state index is -3.74. The van der Waals surface area contributed by atoms with Crippen molar-refractivity contribution in [2.45, 2.75) is 11.3 Å². The van der Waals surface area contributed by atoms with Crippen LogP contribution in [0.2, 0.25) is 0 Å². The Hall–Kier alpha value is -3.11. The predicted octanol–water partition coefficient (Wildman–Crippen LogP) is 1.94. The van der Waals surface area contributed by atoms with Gasteiger partial charge in [-0.2, -0.15) is 4.31 Å². The summed E-state index contributed by atoms with van der Waals surface area (Å²) < 4.78 is 41.9. The molecule has 0 spiro atoms. The van der Waals surface area contributed by atoms with Crippen molar-refractivity contribution in [2.24, 2.45) is 0 Å². The number of hydrogen-bond acceptors (Lipinski definition) is 5. The summed E-state index contributed by atoms with van der Waals surface area (Å²) in [5.41, 5.74) is 0.439. The number of carbonyl (C=O) groups is 1. The number of sulfonamides is 1. The Kier molecular flexibility index (Phi) is 5.60. The van der Waals surface area contributed by atoms with Crippen LogP contribution in [0.25, 0.3) is 5.82 Å². The minimum absolute atomic E-state index is 0.0444. The maximum atomic E-state index is 13.1. The van der Waals surface area contributed by atoms with E-state index in [2.05, 4.69) is 9.97 Å². The van der Waals surface area contributed by atoms with Gasteiger partial charge in [-0.15, -0.1) is 0 Å². The van der Waals surface area contributed by atoms with Gasteiger partial charge in [0.1, 0.15) is 18.0 Å². The summed E-state index contributed by atoms with van der Waals surface area (Å²) in [6.07, 6.45) is 7.04. The first kappa shape index (κ1) is 20.2. The molecular weight excluding hydrogens is 409 g/mol. The SMILES string of the molecule is O=C(c1ccc(-n2ccnc2)nc1)N1CCCN(S(=O)(=O)c2ccc(F)cc2)CC1. The molecule has 1 aliphatic rings. The van der Waals surface area contributed by atoms with Crippen molar-refractivity contribution >= 4 is 15.9 Å².